The molecule has 0 amide bonds. The largest absolute Gasteiger partial charge is 0.489 e. The summed E-state index contributed by atoms with van der Waals surface area (Å²) in [6.45, 7) is 5.91. The predicted molar refractivity (Wildman–Crippen MR) is 75.2 cm³/mol. The number of ether oxygens (including phenoxy) is 1. The molecule has 0 aliphatic heterocycles. The van der Waals surface area contributed by atoms with Crippen molar-refractivity contribution in [2.75, 3.05) is 13.2 Å². The molecule has 0 aromatic heterocycles. The van der Waals surface area contributed by atoms with E-state index in [0.717, 1.165) is 37.2 Å². The minimum atomic E-state index is 0.130. The van der Waals surface area contributed by atoms with Gasteiger partial charge in [-0.2, -0.15) is 0 Å². The van der Waals surface area contributed by atoms with Gasteiger partial charge < -0.3 is 15.2 Å². The van der Waals surface area contributed by atoms with E-state index in [-0.39, 0.29) is 12.7 Å². The monoisotopic (exact) mass is 271 g/mol. The molecule has 0 radical (unpaired) electrons. The maximum Gasteiger partial charge on any atom is 0.138 e. The Morgan fingerprint density at radius 1 is 1.33 bits per heavy atom. The Kier molecular flexibility index (Phi) is 7.09. The first-order valence-electron chi connectivity index (χ1n) is 6.40. The molecule has 0 aliphatic carbocycles. The lowest BCUT2D eigenvalue weighted by Gasteiger charge is -2.12. The number of unbranched alkanes of at least 4 members (excludes halogenated alkanes) is 1. The van der Waals surface area contributed by atoms with Crippen molar-refractivity contribution >= 4 is 11.6 Å². The van der Waals surface area contributed by atoms with Crippen LogP contribution in [-0.2, 0) is 6.54 Å². The first-order chi connectivity index (χ1) is 8.63. The van der Waals surface area contributed by atoms with E-state index in [1.807, 2.05) is 32.0 Å². The number of benzene rings is 1. The van der Waals surface area contributed by atoms with Gasteiger partial charge in [-0.25, -0.2) is 0 Å². The predicted octanol–water partition coefficient (Wildman–Crippen LogP) is 2.99. The maximum absolute atomic E-state index is 8.66. The van der Waals surface area contributed by atoms with E-state index in [4.69, 9.17) is 21.4 Å². The smallest absolute Gasteiger partial charge is 0.138 e. The number of halogens is 1. The summed E-state index contributed by atoms with van der Waals surface area (Å²) in [5.41, 5.74) is 1.14. The summed E-state index contributed by atoms with van der Waals surface area (Å²) in [4.78, 5) is 0. The molecule has 0 saturated heterocycles. The lowest BCUT2D eigenvalue weighted by molar-refractivity contribution is 0.242. The van der Waals surface area contributed by atoms with Gasteiger partial charge in [0.1, 0.15) is 5.75 Å². The van der Waals surface area contributed by atoms with Gasteiger partial charge >= 0.3 is 0 Å². The van der Waals surface area contributed by atoms with Crippen molar-refractivity contribution in [3.8, 4) is 5.75 Å². The molecule has 0 aliphatic rings. The van der Waals surface area contributed by atoms with Gasteiger partial charge in [-0.1, -0.05) is 17.7 Å². The van der Waals surface area contributed by atoms with Crippen LogP contribution in [0.1, 0.15) is 32.3 Å². The second kappa shape index (κ2) is 8.35. The van der Waals surface area contributed by atoms with E-state index in [2.05, 4.69) is 5.32 Å². The minimum absolute atomic E-state index is 0.130. The van der Waals surface area contributed by atoms with Crippen molar-refractivity contribution in [1.82, 2.24) is 5.32 Å². The van der Waals surface area contributed by atoms with Gasteiger partial charge in [0.2, 0.25) is 0 Å². The summed E-state index contributed by atoms with van der Waals surface area (Å²) in [7, 11) is 0. The van der Waals surface area contributed by atoms with Crippen molar-refractivity contribution < 1.29 is 9.84 Å². The van der Waals surface area contributed by atoms with Crippen molar-refractivity contribution in [2.45, 2.75) is 39.3 Å². The quantitative estimate of drug-likeness (QED) is 0.714. The molecule has 0 bridgehead atoms. The molecule has 0 atom stereocenters. The number of nitrogens with one attached hydrogen (secondary N) is 1. The Morgan fingerprint density at radius 2 is 2.11 bits per heavy atom. The molecule has 18 heavy (non-hydrogen) atoms. The van der Waals surface area contributed by atoms with E-state index in [1.54, 1.807) is 0 Å². The molecular formula is C14H22ClNO2. The third-order valence-corrected chi connectivity index (χ3v) is 2.75. The molecule has 0 heterocycles. The van der Waals surface area contributed by atoms with E-state index in [0.29, 0.717) is 5.02 Å². The van der Waals surface area contributed by atoms with Crippen LogP contribution >= 0.6 is 11.6 Å². The van der Waals surface area contributed by atoms with E-state index >= 15 is 0 Å². The summed E-state index contributed by atoms with van der Waals surface area (Å²) in [5.74, 6) is 0.732. The average molecular weight is 272 g/mol. The lowest BCUT2D eigenvalue weighted by atomic mass is 10.2. The van der Waals surface area contributed by atoms with Crippen LogP contribution in [0.4, 0.5) is 0 Å². The summed E-state index contributed by atoms with van der Waals surface area (Å²) in [6.07, 6.45) is 1.96. The van der Waals surface area contributed by atoms with Crippen molar-refractivity contribution in [2.24, 2.45) is 0 Å². The molecule has 1 aromatic rings. The van der Waals surface area contributed by atoms with Gasteiger partial charge in [-0.05, 0) is 50.9 Å². The second-order valence-electron chi connectivity index (χ2n) is 4.54. The number of aliphatic hydroxyl groups excluding tert-OH is 1. The second-order valence-corrected chi connectivity index (χ2v) is 4.95. The Balaban J connectivity index is 2.41. The zero-order valence-corrected chi connectivity index (χ0v) is 11.8. The van der Waals surface area contributed by atoms with Crippen molar-refractivity contribution in [1.29, 1.82) is 0 Å². The van der Waals surface area contributed by atoms with Gasteiger partial charge in [-0.15, -0.1) is 0 Å². The van der Waals surface area contributed by atoms with Crippen LogP contribution in [0, 0.1) is 0 Å². The zero-order chi connectivity index (χ0) is 13.4. The topological polar surface area (TPSA) is 41.5 Å². The molecule has 0 saturated carbocycles. The molecule has 2 N–H and O–H groups in total. The van der Waals surface area contributed by atoms with Crippen molar-refractivity contribution in [3.63, 3.8) is 0 Å². The number of hydrogen-bond donors (Lipinski definition) is 2. The van der Waals surface area contributed by atoms with Crippen LogP contribution in [0.15, 0.2) is 18.2 Å². The first kappa shape index (κ1) is 15.3. The molecule has 0 unspecified atom stereocenters. The highest BCUT2D eigenvalue weighted by Crippen LogP contribution is 2.26. The highest BCUT2D eigenvalue weighted by molar-refractivity contribution is 6.32. The van der Waals surface area contributed by atoms with Crippen LogP contribution < -0.4 is 10.1 Å². The third kappa shape index (κ3) is 5.71. The van der Waals surface area contributed by atoms with E-state index in [1.165, 1.54) is 0 Å². The molecule has 1 rings (SSSR count). The maximum atomic E-state index is 8.66. The van der Waals surface area contributed by atoms with Gasteiger partial charge in [0, 0.05) is 13.2 Å². The molecular weight excluding hydrogens is 250 g/mol. The fraction of sp³-hybridized carbons (Fsp3) is 0.571. The van der Waals surface area contributed by atoms with Gasteiger partial charge in [0.15, 0.2) is 0 Å². The standard InChI is InChI=1S/C14H22ClNO2/c1-11(2)18-14-6-5-12(9-13(14)15)10-16-7-3-4-8-17/h5-6,9,11,16-17H,3-4,7-8,10H2,1-2H3. The minimum Gasteiger partial charge on any atom is -0.489 e. The SMILES string of the molecule is CC(C)Oc1ccc(CNCCCCO)cc1Cl. The average Bonchev–Trinajstić information content (AvgIpc) is 2.32. The third-order valence-electron chi connectivity index (χ3n) is 2.45. The highest BCUT2D eigenvalue weighted by Gasteiger charge is 2.04. The van der Waals surface area contributed by atoms with Gasteiger partial charge in [-0.3, -0.25) is 0 Å². The summed E-state index contributed by atoms with van der Waals surface area (Å²) < 4.78 is 5.58. The van der Waals surface area contributed by atoms with Gasteiger partial charge in [0.05, 0.1) is 11.1 Å². The van der Waals surface area contributed by atoms with Crippen LogP contribution in [0.5, 0.6) is 5.75 Å². The van der Waals surface area contributed by atoms with Crippen LogP contribution in [-0.4, -0.2) is 24.4 Å². The summed E-state index contributed by atoms with van der Waals surface area (Å²) in [6, 6.07) is 5.86. The lowest BCUT2D eigenvalue weighted by Crippen LogP contribution is -2.15. The molecule has 102 valence electrons. The van der Waals surface area contributed by atoms with Crippen LogP contribution in [0.25, 0.3) is 0 Å². The molecule has 4 heteroatoms. The van der Waals surface area contributed by atoms with Crippen LogP contribution in [0.3, 0.4) is 0 Å². The number of hydrogen-bond acceptors (Lipinski definition) is 3. The summed E-state index contributed by atoms with van der Waals surface area (Å²) >= 11 is 6.15. The van der Waals surface area contributed by atoms with E-state index in [9.17, 15) is 0 Å². The van der Waals surface area contributed by atoms with Gasteiger partial charge in [0.25, 0.3) is 0 Å². The van der Waals surface area contributed by atoms with Crippen LogP contribution in [0.2, 0.25) is 5.02 Å². The molecule has 3 nitrogen and oxygen atoms in total. The molecule has 0 fully saturated rings. The Hall–Kier alpha value is -0.770. The number of rotatable bonds is 8. The Labute approximate surface area is 114 Å². The zero-order valence-electron chi connectivity index (χ0n) is 11.1. The highest BCUT2D eigenvalue weighted by atomic mass is 35.5. The molecule has 0 spiro atoms. The fourth-order valence-electron chi connectivity index (χ4n) is 1.60. The normalized spacial score (nSPS) is 10.9. The Bertz CT molecular complexity index is 356. The summed E-state index contributed by atoms with van der Waals surface area (Å²) in [5, 5.41) is 12.6. The number of aliphatic hydroxyl groups is 1. The van der Waals surface area contributed by atoms with Crippen molar-refractivity contribution in [3.05, 3.63) is 28.8 Å². The van der Waals surface area contributed by atoms with E-state index < -0.39 is 0 Å². The fourth-order valence-corrected chi connectivity index (χ4v) is 1.85. The first-order valence-corrected chi connectivity index (χ1v) is 6.78. The Morgan fingerprint density at radius 3 is 2.72 bits per heavy atom. The molecule has 1 aromatic carbocycles.